The standard InChI is InChI=1S/C23H28N2O4/c1-16-8-7-9-19(14-16)29-13-6-5-12-25-21(26)23(3,24-22(25)27)18-10-11-20(28-4)17(2)15-18/h7-11,14-15H,5-6,12-13H2,1-4H3,(H,24,27). The number of urea groups is 1. The molecule has 0 aliphatic carbocycles. The van der Waals surface area contributed by atoms with Gasteiger partial charge in [-0.1, -0.05) is 18.2 Å². The predicted octanol–water partition coefficient (Wildman–Crippen LogP) is 3.94. The number of ether oxygens (including phenoxy) is 2. The molecular weight excluding hydrogens is 368 g/mol. The van der Waals surface area contributed by atoms with Crippen LogP contribution in [0.4, 0.5) is 4.79 Å². The fourth-order valence-corrected chi connectivity index (χ4v) is 3.55. The van der Waals surface area contributed by atoms with Gasteiger partial charge in [0, 0.05) is 6.54 Å². The first-order valence-corrected chi connectivity index (χ1v) is 9.84. The second kappa shape index (κ2) is 8.55. The van der Waals surface area contributed by atoms with Crippen molar-refractivity contribution in [3.63, 3.8) is 0 Å². The van der Waals surface area contributed by atoms with Gasteiger partial charge in [-0.3, -0.25) is 9.69 Å². The summed E-state index contributed by atoms with van der Waals surface area (Å²) in [6.07, 6.45) is 1.44. The number of nitrogens with one attached hydrogen (secondary N) is 1. The Kier molecular flexibility index (Phi) is 6.11. The highest BCUT2D eigenvalue weighted by atomic mass is 16.5. The van der Waals surface area contributed by atoms with Gasteiger partial charge in [-0.05, 0) is 74.6 Å². The van der Waals surface area contributed by atoms with Gasteiger partial charge in [-0.2, -0.15) is 0 Å². The summed E-state index contributed by atoms with van der Waals surface area (Å²) in [5.74, 6) is 1.36. The third kappa shape index (κ3) is 4.36. The van der Waals surface area contributed by atoms with Crippen LogP contribution in [0.5, 0.6) is 11.5 Å². The fourth-order valence-electron chi connectivity index (χ4n) is 3.55. The SMILES string of the molecule is COc1ccc(C2(C)NC(=O)N(CCCCOc3cccc(C)c3)C2=O)cc1C. The zero-order valence-corrected chi connectivity index (χ0v) is 17.5. The Hall–Kier alpha value is -3.02. The van der Waals surface area contributed by atoms with Crippen LogP contribution in [0.3, 0.4) is 0 Å². The van der Waals surface area contributed by atoms with E-state index in [1.807, 2.05) is 56.3 Å². The first kappa shape index (κ1) is 20.7. The van der Waals surface area contributed by atoms with Gasteiger partial charge in [0.05, 0.1) is 13.7 Å². The zero-order valence-electron chi connectivity index (χ0n) is 17.5. The van der Waals surface area contributed by atoms with E-state index in [4.69, 9.17) is 9.47 Å². The number of carbonyl (C=O) groups is 2. The van der Waals surface area contributed by atoms with E-state index < -0.39 is 5.54 Å². The maximum absolute atomic E-state index is 13.0. The van der Waals surface area contributed by atoms with Crippen LogP contribution in [0.2, 0.25) is 0 Å². The summed E-state index contributed by atoms with van der Waals surface area (Å²) in [4.78, 5) is 26.7. The summed E-state index contributed by atoms with van der Waals surface area (Å²) >= 11 is 0. The van der Waals surface area contributed by atoms with E-state index in [2.05, 4.69) is 5.32 Å². The van der Waals surface area contributed by atoms with Crippen molar-refractivity contribution in [3.8, 4) is 11.5 Å². The van der Waals surface area contributed by atoms with E-state index in [0.29, 0.717) is 19.6 Å². The summed E-state index contributed by atoms with van der Waals surface area (Å²) in [6, 6.07) is 13.1. The minimum atomic E-state index is -1.06. The largest absolute Gasteiger partial charge is 0.496 e. The first-order valence-electron chi connectivity index (χ1n) is 9.84. The Labute approximate surface area is 171 Å². The molecule has 1 heterocycles. The number of rotatable bonds is 8. The lowest BCUT2D eigenvalue weighted by molar-refractivity contribution is -0.131. The Morgan fingerprint density at radius 2 is 1.86 bits per heavy atom. The number of hydrogen-bond acceptors (Lipinski definition) is 4. The molecule has 6 heteroatoms. The molecule has 1 N–H and O–H groups in total. The second-order valence-electron chi connectivity index (χ2n) is 7.57. The van der Waals surface area contributed by atoms with E-state index in [-0.39, 0.29) is 11.9 Å². The zero-order chi connectivity index (χ0) is 21.0. The van der Waals surface area contributed by atoms with Crippen LogP contribution in [-0.2, 0) is 10.3 Å². The molecule has 3 amide bonds. The number of carbonyl (C=O) groups excluding carboxylic acids is 2. The van der Waals surface area contributed by atoms with E-state index >= 15 is 0 Å². The molecule has 1 aliphatic heterocycles. The molecule has 0 bridgehead atoms. The highest BCUT2D eigenvalue weighted by Gasteiger charge is 2.48. The molecule has 0 spiro atoms. The molecule has 6 nitrogen and oxygen atoms in total. The summed E-state index contributed by atoms with van der Waals surface area (Å²) in [5.41, 5.74) is 1.75. The molecule has 1 fully saturated rings. The summed E-state index contributed by atoms with van der Waals surface area (Å²) in [7, 11) is 1.61. The molecule has 0 saturated carbocycles. The molecule has 3 rings (SSSR count). The van der Waals surface area contributed by atoms with Gasteiger partial charge in [0.25, 0.3) is 5.91 Å². The van der Waals surface area contributed by atoms with Crippen LogP contribution >= 0.6 is 0 Å². The number of imide groups is 1. The Bertz CT molecular complexity index is 912. The number of unbranched alkanes of at least 4 members (excludes halogenated alkanes) is 1. The van der Waals surface area contributed by atoms with Crippen molar-refractivity contribution in [3.05, 3.63) is 59.2 Å². The molecule has 2 aromatic rings. The third-order valence-electron chi connectivity index (χ3n) is 5.28. The van der Waals surface area contributed by atoms with Crippen molar-refractivity contribution < 1.29 is 19.1 Å². The lowest BCUT2D eigenvalue weighted by atomic mass is 9.90. The molecule has 0 radical (unpaired) electrons. The van der Waals surface area contributed by atoms with Gasteiger partial charge >= 0.3 is 6.03 Å². The summed E-state index contributed by atoms with van der Waals surface area (Å²) in [5, 5.41) is 2.85. The van der Waals surface area contributed by atoms with Gasteiger partial charge < -0.3 is 14.8 Å². The average molecular weight is 396 g/mol. The van der Waals surface area contributed by atoms with Crippen molar-refractivity contribution in [1.82, 2.24) is 10.2 Å². The molecule has 29 heavy (non-hydrogen) atoms. The molecule has 1 unspecified atom stereocenters. The topological polar surface area (TPSA) is 67.9 Å². The predicted molar refractivity (Wildman–Crippen MR) is 111 cm³/mol. The number of aryl methyl sites for hydroxylation is 2. The lowest BCUT2D eigenvalue weighted by Crippen LogP contribution is -2.41. The number of methoxy groups -OCH3 is 1. The molecule has 0 aromatic heterocycles. The van der Waals surface area contributed by atoms with Crippen LogP contribution in [0.1, 0.15) is 36.5 Å². The van der Waals surface area contributed by atoms with Crippen molar-refractivity contribution in [2.75, 3.05) is 20.3 Å². The van der Waals surface area contributed by atoms with E-state index in [9.17, 15) is 9.59 Å². The second-order valence-corrected chi connectivity index (χ2v) is 7.57. The highest BCUT2D eigenvalue weighted by Crippen LogP contribution is 2.31. The minimum absolute atomic E-state index is 0.230. The Morgan fingerprint density at radius 3 is 2.55 bits per heavy atom. The monoisotopic (exact) mass is 396 g/mol. The van der Waals surface area contributed by atoms with Crippen LogP contribution in [0.15, 0.2) is 42.5 Å². The molecule has 1 saturated heterocycles. The quantitative estimate of drug-likeness (QED) is 0.542. The van der Waals surface area contributed by atoms with E-state index in [0.717, 1.165) is 34.6 Å². The minimum Gasteiger partial charge on any atom is -0.496 e. The Balaban J connectivity index is 1.56. The van der Waals surface area contributed by atoms with Crippen LogP contribution in [0, 0.1) is 13.8 Å². The summed E-state index contributed by atoms with van der Waals surface area (Å²) in [6.45, 7) is 6.59. The molecule has 1 aliphatic rings. The number of hydrogen-bond donors (Lipinski definition) is 1. The van der Waals surface area contributed by atoms with Crippen LogP contribution < -0.4 is 14.8 Å². The smallest absolute Gasteiger partial charge is 0.325 e. The summed E-state index contributed by atoms with van der Waals surface area (Å²) < 4.78 is 11.0. The van der Waals surface area contributed by atoms with Crippen molar-refractivity contribution in [1.29, 1.82) is 0 Å². The van der Waals surface area contributed by atoms with E-state index in [1.54, 1.807) is 14.0 Å². The van der Waals surface area contributed by atoms with Gasteiger partial charge in [0.15, 0.2) is 0 Å². The first-order chi connectivity index (χ1) is 13.8. The van der Waals surface area contributed by atoms with Crippen molar-refractivity contribution in [2.24, 2.45) is 0 Å². The lowest BCUT2D eigenvalue weighted by Gasteiger charge is -2.23. The maximum atomic E-state index is 13.0. The Morgan fingerprint density at radius 1 is 1.07 bits per heavy atom. The normalized spacial score (nSPS) is 18.7. The van der Waals surface area contributed by atoms with Crippen molar-refractivity contribution in [2.45, 2.75) is 39.2 Å². The average Bonchev–Trinajstić information content (AvgIpc) is 2.91. The van der Waals surface area contributed by atoms with Crippen LogP contribution in [0.25, 0.3) is 0 Å². The molecular formula is C23H28N2O4. The van der Waals surface area contributed by atoms with Gasteiger partial charge in [-0.15, -0.1) is 0 Å². The number of benzene rings is 2. The molecule has 2 aromatic carbocycles. The fraction of sp³-hybridized carbons (Fsp3) is 0.391. The van der Waals surface area contributed by atoms with Gasteiger partial charge in [-0.25, -0.2) is 4.79 Å². The van der Waals surface area contributed by atoms with Crippen LogP contribution in [-0.4, -0.2) is 37.1 Å². The van der Waals surface area contributed by atoms with E-state index in [1.165, 1.54) is 4.90 Å². The van der Waals surface area contributed by atoms with Gasteiger partial charge in [0.1, 0.15) is 17.0 Å². The highest BCUT2D eigenvalue weighted by molar-refractivity contribution is 6.07. The number of amides is 3. The molecule has 154 valence electrons. The third-order valence-corrected chi connectivity index (χ3v) is 5.28. The maximum Gasteiger partial charge on any atom is 0.325 e. The molecule has 1 atom stereocenters. The van der Waals surface area contributed by atoms with Crippen molar-refractivity contribution >= 4 is 11.9 Å². The number of nitrogens with zero attached hydrogens (tertiary/aromatic N) is 1. The van der Waals surface area contributed by atoms with Gasteiger partial charge in [0.2, 0.25) is 0 Å².